The van der Waals surface area contributed by atoms with Crippen molar-refractivity contribution in [2.75, 3.05) is 37.7 Å². The van der Waals surface area contributed by atoms with E-state index in [9.17, 15) is 4.79 Å². The van der Waals surface area contributed by atoms with Crippen molar-refractivity contribution >= 4 is 22.8 Å². The lowest BCUT2D eigenvalue weighted by Gasteiger charge is -2.38. The van der Waals surface area contributed by atoms with E-state index >= 15 is 0 Å². The number of nitrogens with one attached hydrogen (secondary N) is 1. The largest absolute Gasteiger partial charge is 0.441 e. The number of carbonyl (C=O) groups is 1. The Morgan fingerprint density at radius 1 is 1.31 bits per heavy atom. The number of aromatic nitrogens is 4. The second-order valence-corrected chi connectivity index (χ2v) is 7.61. The summed E-state index contributed by atoms with van der Waals surface area (Å²) < 4.78 is 12.6. The summed E-state index contributed by atoms with van der Waals surface area (Å²) in [5.41, 5.74) is 3.99. The Labute approximate surface area is 168 Å². The Morgan fingerprint density at radius 2 is 2.14 bits per heavy atom. The molecule has 152 valence electrons. The molecule has 2 unspecified atom stereocenters. The third kappa shape index (κ3) is 3.31. The Bertz CT molecular complexity index is 1040. The third-order valence-electron chi connectivity index (χ3n) is 5.70. The first kappa shape index (κ1) is 18.0. The fourth-order valence-corrected chi connectivity index (χ4v) is 3.84. The summed E-state index contributed by atoms with van der Waals surface area (Å²) in [6.07, 6.45) is 5.26. The molecule has 2 aliphatic heterocycles. The molecule has 0 radical (unpaired) electrons. The number of hydrogen-bond acceptors (Lipinski definition) is 6. The van der Waals surface area contributed by atoms with Gasteiger partial charge in [-0.2, -0.15) is 5.10 Å². The highest BCUT2D eigenvalue weighted by atomic mass is 16.6. The summed E-state index contributed by atoms with van der Waals surface area (Å²) >= 11 is 0. The fourth-order valence-electron chi connectivity index (χ4n) is 3.84. The molecule has 2 fully saturated rings. The number of ether oxygens (including phenoxy) is 2. The lowest BCUT2D eigenvalue weighted by molar-refractivity contribution is -0.157. The van der Waals surface area contributed by atoms with Gasteiger partial charge in [0.2, 0.25) is 0 Å². The second-order valence-electron chi connectivity index (χ2n) is 7.61. The van der Waals surface area contributed by atoms with E-state index in [1.807, 2.05) is 38.6 Å². The number of anilines is 1. The van der Waals surface area contributed by atoms with Crippen LogP contribution in [0.15, 0.2) is 30.7 Å². The van der Waals surface area contributed by atoms with Crippen molar-refractivity contribution < 1.29 is 14.3 Å². The summed E-state index contributed by atoms with van der Waals surface area (Å²) in [5, 5.41) is 5.32. The van der Waals surface area contributed by atoms with Gasteiger partial charge in [-0.1, -0.05) is 0 Å². The van der Waals surface area contributed by atoms with Gasteiger partial charge >= 0.3 is 6.09 Å². The molecule has 0 spiro atoms. The van der Waals surface area contributed by atoms with Gasteiger partial charge in [-0.25, -0.2) is 9.78 Å². The molecular formula is C20H24N6O3. The summed E-state index contributed by atoms with van der Waals surface area (Å²) in [6, 6.07) is 4.15. The Balaban J connectivity index is 1.30. The monoisotopic (exact) mass is 396 g/mol. The van der Waals surface area contributed by atoms with E-state index in [0.717, 1.165) is 41.1 Å². The SMILES string of the molecule is CC1OCC1OC(=O)N1CCN(c2ccnc3[nH]c(-c4cnn(C)c4)cc23)CC1. The van der Waals surface area contributed by atoms with Gasteiger partial charge in [0.15, 0.2) is 6.10 Å². The predicted octanol–water partition coefficient (Wildman–Crippen LogP) is 2.01. The van der Waals surface area contributed by atoms with E-state index < -0.39 is 0 Å². The second kappa shape index (κ2) is 7.07. The standard InChI is InChI=1S/C20H24N6O3/c1-13-18(12-28-13)29-20(27)26-7-5-25(6-8-26)17-3-4-21-19-15(17)9-16(23-19)14-10-22-24(2)11-14/h3-4,9-11,13,18H,5-8,12H2,1-2H3,(H,21,23). The molecule has 3 aromatic rings. The average molecular weight is 396 g/mol. The molecule has 3 aromatic heterocycles. The van der Waals surface area contributed by atoms with Crippen LogP contribution in [-0.4, -0.2) is 75.7 Å². The summed E-state index contributed by atoms with van der Waals surface area (Å²) in [5.74, 6) is 0. The smallest absolute Gasteiger partial charge is 0.410 e. The molecule has 9 nitrogen and oxygen atoms in total. The summed E-state index contributed by atoms with van der Waals surface area (Å²) in [7, 11) is 1.90. The van der Waals surface area contributed by atoms with Crippen LogP contribution in [0.5, 0.6) is 0 Å². The number of rotatable bonds is 3. The van der Waals surface area contributed by atoms with Crippen molar-refractivity contribution in [1.82, 2.24) is 24.6 Å². The highest BCUT2D eigenvalue weighted by molar-refractivity contribution is 5.93. The molecule has 0 aromatic carbocycles. The minimum absolute atomic E-state index is 0.00653. The predicted molar refractivity (Wildman–Crippen MR) is 108 cm³/mol. The van der Waals surface area contributed by atoms with E-state index in [2.05, 4.69) is 26.0 Å². The van der Waals surface area contributed by atoms with Crippen LogP contribution >= 0.6 is 0 Å². The van der Waals surface area contributed by atoms with Crippen molar-refractivity contribution in [3.8, 4) is 11.3 Å². The van der Waals surface area contributed by atoms with Crippen LogP contribution in [0.1, 0.15) is 6.92 Å². The lowest BCUT2D eigenvalue weighted by atomic mass is 10.2. The highest BCUT2D eigenvalue weighted by Crippen LogP contribution is 2.30. The third-order valence-corrected chi connectivity index (χ3v) is 5.70. The van der Waals surface area contributed by atoms with Crippen molar-refractivity contribution in [3.05, 3.63) is 30.7 Å². The van der Waals surface area contributed by atoms with Gasteiger partial charge in [-0.3, -0.25) is 4.68 Å². The quantitative estimate of drug-likeness (QED) is 0.729. The number of piperazine rings is 1. The first-order chi connectivity index (χ1) is 14.1. The maximum atomic E-state index is 12.4. The molecule has 2 atom stereocenters. The first-order valence-corrected chi connectivity index (χ1v) is 9.87. The van der Waals surface area contributed by atoms with Gasteiger partial charge in [0.05, 0.1) is 24.6 Å². The molecule has 29 heavy (non-hydrogen) atoms. The number of aromatic amines is 1. The molecular weight excluding hydrogens is 372 g/mol. The van der Waals surface area contributed by atoms with Crippen LogP contribution in [0.2, 0.25) is 0 Å². The molecule has 2 aliphatic rings. The zero-order valence-electron chi connectivity index (χ0n) is 16.5. The van der Waals surface area contributed by atoms with E-state index in [-0.39, 0.29) is 18.3 Å². The topological polar surface area (TPSA) is 88.5 Å². The van der Waals surface area contributed by atoms with Crippen LogP contribution in [-0.2, 0) is 16.5 Å². The number of hydrogen-bond donors (Lipinski definition) is 1. The molecule has 2 saturated heterocycles. The molecule has 1 amide bonds. The van der Waals surface area contributed by atoms with Gasteiger partial charge in [0, 0.05) is 62.3 Å². The number of amides is 1. The van der Waals surface area contributed by atoms with Crippen molar-refractivity contribution in [1.29, 1.82) is 0 Å². The van der Waals surface area contributed by atoms with Gasteiger partial charge in [0.1, 0.15) is 5.65 Å². The molecule has 0 aliphatic carbocycles. The van der Waals surface area contributed by atoms with E-state index in [1.165, 1.54) is 0 Å². The van der Waals surface area contributed by atoms with Crippen molar-refractivity contribution in [2.45, 2.75) is 19.1 Å². The number of fused-ring (bicyclic) bond motifs is 1. The zero-order valence-corrected chi connectivity index (χ0v) is 16.5. The Morgan fingerprint density at radius 3 is 2.79 bits per heavy atom. The number of pyridine rings is 1. The lowest BCUT2D eigenvalue weighted by Crippen LogP contribution is -2.52. The van der Waals surface area contributed by atoms with Crippen LogP contribution in [0.4, 0.5) is 10.5 Å². The minimum Gasteiger partial charge on any atom is -0.441 e. The maximum absolute atomic E-state index is 12.4. The average Bonchev–Trinajstić information content (AvgIpc) is 3.36. The van der Waals surface area contributed by atoms with E-state index in [0.29, 0.717) is 19.7 Å². The fraction of sp³-hybridized carbons (Fsp3) is 0.450. The van der Waals surface area contributed by atoms with E-state index in [1.54, 1.807) is 9.58 Å². The number of aryl methyl sites for hydroxylation is 1. The minimum atomic E-state index is -0.245. The molecule has 9 heteroatoms. The van der Waals surface area contributed by atoms with Crippen LogP contribution in [0.25, 0.3) is 22.3 Å². The van der Waals surface area contributed by atoms with Crippen molar-refractivity contribution in [3.63, 3.8) is 0 Å². The first-order valence-electron chi connectivity index (χ1n) is 9.87. The van der Waals surface area contributed by atoms with Gasteiger partial charge in [-0.15, -0.1) is 0 Å². The summed E-state index contributed by atoms with van der Waals surface area (Å²) in [4.78, 5) is 24.3. The highest BCUT2D eigenvalue weighted by Gasteiger charge is 2.34. The normalized spacial score (nSPS) is 22.0. The molecule has 5 heterocycles. The van der Waals surface area contributed by atoms with Crippen LogP contribution < -0.4 is 4.90 Å². The number of carbonyl (C=O) groups excluding carboxylic acids is 1. The number of H-pyrrole nitrogens is 1. The van der Waals surface area contributed by atoms with Gasteiger partial charge in [0.25, 0.3) is 0 Å². The van der Waals surface area contributed by atoms with E-state index in [4.69, 9.17) is 9.47 Å². The maximum Gasteiger partial charge on any atom is 0.410 e. The van der Waals surface area contributed by atoms with Gasteiger partial charge in [-0.05, 0) is 19.1 Å². The number of nitrogens with zero attached hydrogens (tertiary/aromatic N) is 5. The molecule has 0 saturated carbocycles. The van der Waals surface area contributed by atoms with Crippen LogP contribution in [0.3, 0.4) is 0 Å². The molecule has 5 rings (SSSR count). The molecule has 1 N–H and O–H groups in total. The summed E-state index contributed by atoms with van der Waals surface area (Å²) in [6.45, 7) is 5.17. The molecule has 0 bridgehead atoms. The van der Waals surface area contributed by atoms with Crippen molar-refractivity contribution in [2.24, 2.45) is 7.05 Å². The Kier molecular flexibility index (Phi) is 4.39. The van der Waals surface area contributed by atoms with Crippen LogP contribution in [0, 0.1) is 0 Å². The zero-order chi connectivity index (χ0) is 20.0. The Hall–Kier alpha value is -3.07. The van der Waals surface area contributed by atoms with Gasteiger partial charge < -0.3 is 24.3 Å².